The van der Waals surface area contributed by atoms with Gasteiger partial charge in [0.2, 0.25) is 0 Å². The molecule has 0 aliphatic heterocycles. The van der Waals surface area contributed by atoms with Crippen molar-refractivity contribution in [1.82, 2.24) is 0 Å². The Kier molecular flexibility index (Phi) is 4.42. The van der Waals surface area contributed by atoms with Crippen LogP contribution in [0.2, 0.25) is 0 Å². The first-order chi connectivity index (χ1) is 7.75. The fourth-order valence-electron chi connectivity index (χ4n) is 2.66. The molecule has 1 fully saturated rings. The van der Waals surface area contributed by atoms with Gasteiger partial charge >= 0.3 is 0 Å². The van der Waals surface area contributed by atoms with Crippen molar-refractivity contribution in [1.29, 1.82) is 0 Å². The Morgan fingerprint density at radius 3 is 2.50 bits per heavy atom. The lowest BCUT2D eigenvalue weighted by atomic mass is 9.93. The largest absolute Gasteiger partial charge is 0.388 e. The summed E-state index contributed by atoms with van der Waals surface area (Å²) in [6, 6.07) is 4.19. The summed E-state index contributed by atoms with van der Waals surface area (Å²) in [4.78, 5) is 2.46. The molecule has 0 spiro atoms. The normalized spacial score (nSPS) is 20.6. The number of hydrogen-bond donors (Lipinski definition) is 1. The molecule has 1 aliphatic rings. The van der Waals surface area contributed by atoms with Crippen molar-refractivity contribution in [3.8, 4) is 0 Å². The summed E-state index contributed by atoms with van der Waals surface area (Å²) in [6.45, 7) is 2.10. The van der Waals surface area contributed by atoms with Crippen LogP contribution in [0.5, 0.6) is 0 Å². The fourth-order valence-corrected chi connectivity index (χ4v) is 3.54. The van der Waals surface area contributed by atoms with Crippen molar-refractivity contribution in [3.63, 3.8) is 0 Å². The molecule has 16 heavy (non-hydrogen) atoms. The van der Waals surface area contributed by atoms with E-state index >= 15 is 0 Å². The predicted molar refractivity (Wildman–Crippen MR) is 69.8 cm³/mol. The molecular formula is C14H22OS. The number of rotatable bonds is 3. The minimum Gasteiger partial charge on any atom is -0.388 e. The van der Waals surface area contributed by atoms with Gasteiger partial charge in [0.05, 0.1) is 6.10 Å². The SMILES string of the molecule is Cc1ccc(C(O)CC2CCCCCC2)s1. The molecule has 0 amide bonds. The van der Waals surface area contributed by atoms with Gasteiger partial charge in [0, 0.05) is 9.75 Å². The van der Waals surface area contributed by atoms with Crippen LogP contribution in [0.1, 0.15) is 60.8 Å². The Labute approximate surface area is 103 Å². The quantitative estimate of drug-likeness (QED) is 0.771. The second-order valence-electron chi connectivity index (χ2n) is 5.06. The molecule has 0 saturated heterocycles. The molecule has 1 N–H and O–H groups in total. The lowest BCUT2D eigenvalue weighted by molar-refractivity contribution is 0.142. The van der Waals surface area contributed by atoms with E-state index < -0.39 is 0 Å². The van der Waals surface area contributed by atoms with Crippen LogP contribution in [-0.4, -0.2) is 5.11 Å². The fraction of sp³-hybridized carbons (Fsp3) is 0.714. The summed E-state index contributed by atoms with van der Waals surface area (Å²) in [6.07, 6.45) is 8.90. The van der Waals surface area contributed by atoms with E-state index in [9.17, 15) is 5.11 Å². The van der Waals surface area contributed by atoms with Gasteiger partial charge in [0.1, 0.15) is 0 Å². The standard InChI is InChI=1S/C14H22OS/c1-11-8-9-14(16-11)13(15)10-12-6-4-2-3-5-7-12/h8-9,12-13,15H,2-7,10H2,1H3. The number of aliphatic hydroxyl groups excluding tert-OH is 1. The van der Waals surface area contributed by atoms with Crippen molar-refractivity contribution in [3.05, 3.63) is 21.9 Å². The molecular weight excluding hydrogens is 216 g/mol. The van der Waals surface area contributed by atoms with Gasteiger partial charge < -0.3 is 5.11 Å². The molecule has 2 heteroatoms. The lowest BCUT2D eigenvalue weighted by Crippen LogP contribution is -2.05. The Morgan fingerprint density at radius 2 is 1.94 bits per heavy atom. The maximum atomic E-state index is 10.2. The zero-order valence-corrected chi connectivity index (χ0v) is 10.9. The molecule has 0 bridgehead atoms. The van der Waals surface area contributed by atoms with Gasteiger partial charge in [-0.3, -0.25) is 0 Å². The van der Waals surface area contributed by atoms with Crippen LogP contribution in [-0.2, 0) is 0 Å². The Bertz CT molecular complexity index is 310. The van der Waals surface area contributed by atoms with Gasteiger partial charge in [-0.05, 0) is 31.4 Å². The van der Waals surface area contributed by atoms with Gasteiger partial charge in [0.15, 0.2) is 0 Å². The van der Waals surface area contributed by atoms with Crippen molar-refractivity contribution in [2.45, 2.75) is 58.0 Å². The molecule has 1 nitrogen and oxygen atoms in total. The molecule has 1 saturated carbocycles. The lowest BCUT2D eigenvalue weighted by Gasteiger charge is -2.17. The highest BCUT2D eigenvalue weighted by Crippen LogP contribution is 2.33. The molecule has 1 aromatic rings. The highest BCUT2D eigenvalue weighted by atomic mass is 32.1. The minimum atomic E-state index is -0.221. The van der Waals surface area contributed by atoms with E-state index in [2.05, 4.69) is 19.1 Å². The third-order valence-electron chi connectivity index (χ3n) is 3.62. The van der Waals surface area contributed by atoms with Crippen molar-refractivity contribution < 1.29 is 5.11 Å². The molecule has 0 radical (unpaired) electrons. The minimum absolute atomic E-state index is 0.221. The van der Waals surface area contributed by atoms with E-state index in [4.69, 9.17) is 0 Å². The van der Waals surface area contributed by atoms with Gasteiger partial charge in [-0.15, -0.1) is 11.3 Å². The van der Waals surface area contributed by atoms with Crippen LogP contribution in [0.15, 0.2) is 12.1 Å². The third-order valence-corrected chi connectivity index (χ3v) is 4.72. The monoisotopic (exact) mass is 238 g/mol. The molecule has 90 valence electrons. The van der Waals surface area contributed by atoms with Crippen molar-refractivity contribution in [2.75, 3.05) is 0 Å². The zero-order valence-electron chi connectivity index (χ0n) is 10.1. The number of aryl methyl sites for hydroxylation is 1. The van der Waals surface area contributed by atoms with Gasteiger partial charge in [0.25, 0.3) is 0 Å². The average molecular weight is 238 g/mol. The molecule has 1 atom stereocenters. The zero-order chi connectivity index (χ0) is 11.4. The molecule has 1 heterocycles. The first-order valence-electron chi connectivity index (χ1n) is 6.50. The Hall–Kier alpha value is -0.340. The van der Waals surface area contributed by atoms with Crippen LogP contribution in [0, 0.1) is 12.8 Å². The van der Waals surface area contributed by atoms with E-state index in [1.807, 2.05) is 0 Å². The first-order valence-corrected chi connectivity index (χ1v) is 7.32. The number of hydrogen-bond acceptors (Lipinski definition) is 2. The van der Waals surface area contributed by atoms with E-state index in [-0.39, 0.29) is 6.10 Å². The topological polar surface area (TPSA) is 20.2 Å². The van der Waals surface area contributed by atoms with Crippen molar-refractivity contribution in [2.24, 2.45) is 5.92 Å². The summed E-state index contributed by atoms with van der Waals surface area (Å²) in [5, 5.41) is 10.2. The van der Waals surface area contributed by atoms with E-state index in [0.29, 0.717) is 0 Å². The van der Waals surface area contributed by atoms with Crippen molar-refractivity contribution >= 4 is 11.3 Å². The summed E-state index contributed by atoms with van der Waals surface area (Å²) in [7, 11) is 0. The number of thiophene rings is 1. The van der Waals surface area contributed by atoms with E-state index in [1.165, 1.54) is 43.4 Å². The summed E-state index contributed by atoms with van der Waals surface area (Å²) in [5.74, 6) is 0.750. The average Bonchev–Trinajstić information content (AvgIpc) is 2.54. The molecule has 2 rings (SSSR count). The third kappa shape index (κ3) is 3.33. The van der Waals surface area contributed by atoms with Crippen LogP contribution >= 0.6 is 11.3 Å². The maximum Gasteiger partial charge on any atom is 0.0884 e. The molecule has 1 unspecified atom stereocenters. The van der Waals surface area contributed by atoms with Gasteiger partial charge in [-0.1, -0.05) is 38.5 Å². The van der Waals surface area contributed by atoms with Crippen LogP contribution in [0.4, 0.5) is 0 Å². The second kappa shape index (κ2) is 5.83. The van der Waals surface area contributed by atoms with E-state index in [1.54, 1.807) is 11.3 Å². The number of aliphatic hydroxyl groups is 1. The molecule has 1 aliphatic carbocycles. The Morgan fingerprint density at radius 1 is 1.25 bits per heavy atom. The van der Waals surface area contributed by atoms with Gasteiger partial charge in [-0.2, -0.15) is 0 Å². The van der Waals surface area contributed by atoms with E-state index in [0.717, 1.165) is 17.2 Å². The second-order valence-corrected chi connectivity index (χ2v) is 6.38. The summed E-state index contributed by atoms with van der Waals surface area (Å²) < 4.78 is 0. The maximum absolute atomic E-state index is 10.2. The molecule has 1 aromatic heterocycles. The Balaban J connectivity index is 1.88. The van der Waals surface area contributed by atoms with Gasteiger partial charge in [-0.25, -0.2) is 0 Å². The summed E-state index contributed by atoms with van der Waals surface area (Å²) >= 11 is 1.74. The molecule has 0 aromatic carbocycles. The highest BCUT2D eigenvalue weighted by molar-refractivity contribution is 7.12. The summed E-state index contributed by atoms with van der Waals surface area (Å²) in [5.41, 5.74) is 0. The first kappa shape index (κ1) is 12.1. The van der Waals surface area contributed by atoms with Crippen LogP contribution < -0.4 is 0 Å². The highest BCUT2D eigenvalue weighted by Gasteiger charge is 2.18. The smallest absolute Gasteiger partial charge is 0.0884 e. The van der Waals surface area contributed by atoms with Crippen LogP contribution in [0.25, 0.3) is 0 Å². The predicted octanol–water partition coefficient (Wildman–Crippen LogP) is 4.45. The van der Waals surface area contributed by atoms with Crippen LogP contribution in [0.3, 0.4) is 0 Å².